The van der Waals surface area contributed by atoms with Gasteiger partial charge >= 0.3 is 0 Å². The molecule has 2 aliphatic heterocycles. The highest BCUT2D eigenvalue weighted by Crippen LogP contribution is 2.34. The van der Waals surface area contributed by atoms with Crippen LogP contribution in [0.5, 0.6) is 0 Å². The van der Waals surface area contributed by atoms with E-state index in [9.17, 15) is 9.59 Å². The van der Waals surface area contributed by atoms with Crippen molar-refractivity contribution >= 4 is 27.2 Å². The smallest absolute Gasteiger partial charge is 0.255 e. The van der Waals surface area contributed by atoms with Crippen LogP contribution in [0.4, 0.5) is 0 Å². The van der Waals surface area contributed by atoms with Crippen LogP contribution < -0.4 is 0 Å². The fraction of sp³-hybridized carbons (Fsp3) is 0.435. The summed E-state index contributed by atoms with van der Waals surface area (Å²) >= 11 is 0. The van der Waals surface area contributed by atoms with Crippen molar-refractivity contribution in [2.75, 3.05) is 18.1 Å². The van der Waals surface area contributed by atoms with Crippen LogP contribution >= 0.6 is 10.5 Å². The zero-order valence-corrected chi connectivity index (χ0v) is 17.9. The lowest BCUT2D eigenvalue weighted by atomic mass is 9.86. The molecule has 0 unspecified atom stereocenters. The van der Waals surface area contributed by atoms with Crippen molar-refractivity contribution < 1.29 is 14.1 Å². The predicted molar refractivity (Wildman–Crippen MR) is 117 cm³/mol. The van der Waals surface area contributed by atoms with E-state index in [-0.39, 0.29) is 22.2 Å². The maximum atomic E-state index is 13.5. The monoisotopic (exact) mass is 423 g/mol. The van der Waals surface area contributed by atoms with Gasteiger partial charge in [0.2, 0.25) is 5.91 Å². The Hall–Kier alpha value is -2.72. The minimum absolute atomic E-state index is 0.0506. The molecule has 1 aromatic heterocycles. The fourth-order valence-corrected chi connectivity index (χ4v) is 6.58. The first kappa shape index (κ1) is 20.5. The van der Waals surface area contributed by atoms with Crippen LogP contribution in [-0.4, -0.2) is 44.8 Å². The van der Waals surface area contributed by atoms with E-state index in [0.29, 0.717) is 30.3 Å². The highest BCUT2D eigenvalue weighted by Gasteiger charge is 2.45. The summed E-state index contributed by atoms with van der Waals surface area (Å²) in [5.74, 6) is 1.35. The third-order valence-corrected chi connectivity index (χ3v) is 8.21. The molecular formula is C23H25N3O3S. The van der Waals surface area contributed by atoms with Gasteiger partial charge in [-0.2, -0.15) is 10.5 Å². The van der Waals surface area contributed by atoms with Gasteiger partial charge in [-0.1, -0.05) is 35.5 Å². The molecule has 4 rings (SSSR count). The molecule has 0 N–H and O–H groups in total. The van der Waals surface area contributed by atoms with E-state index in [2.05, 4.69) is 10.0 Å². The molecule has 0 bridgehead atoms. The number of Topliss-reactive ketones (excluding diaryl/α,β-unsaturated/α-hetero) is 1. The number of carbonyl (C=O) groups is 2. The Morgan fingerprint density at radius 2 is 2.03 bits per heavy atom. The summed E-state index contributed by atoms with van der Waals surface area (Å²) < 4.78 is 5.29. The summed E-state index contributed by atoms with van der Waals surface area (Å²) in [5, 5.41) is 3.90. The summed E-state index contributed by atoms with van der Waals surface area (Å²) in [6.07, 6.45) is 2.65. The van der Waals surface area contributed by atoms with Gasteiger partial charge in [0, 0.05) is 18.5 Å². The van der Waals surface area contributed by atoms with Gasteiger partial charge in [-0.25, -0.2) is 4.85 Å². The Kier molecular flexibility index (Phi) is 6.14. The second kappa shape index (κ2) is 8.97. The van der Waals surface area contributed by atoms with Gasteiger partial charge < -0.3 is 14.2 Å². The largest absolute Gasteiger partial charge is 0.359 e. The van der Waals surface area contributed by atoms with E-state index in [4.69, 9.17) is 11.1 Å². The number of aryl methyl sites for hydroxylation is 1. The SMILES string of the molecule is [C-]#[N+]C(C(=O)[C@H]1CN(Cc2cc(C)no2)C(=O)[C@@H]1Cc1ccccc1)=S1CCCC1. The molecule has 2 aromatic rings. The van der Waals surface area contributed by atoms with Crippen molar-refractivity contribution in [3.63, 3.8) is 0 Å². The molecule has 0 radical (unpaired) electrons. The van der Waals surface area contributed by atoms with Gasteiger partial charge in [0.25, 0.3) is 4.99 Å². The molecule has 1 amide bonds. The number of likely N-dealkylation sites (tertiary alicyclic amines) is 1. The van der Waals surface area contributed by atoms with Crippen LogP contribution in [0, 0.1) is 25.3 Å². The van der Waals surface area contributed by atoms with Crippen LogP contribution in [0.15, 0.2) is 40.9 Å². The number of benzene rings is 1. The van der Waals surface area contributed by atoms with Crippen LogP contribution in [0.2, 0.25) is 0 Å². The Morgan fingerprint density at radius 3 is 2.67 bits per heavy atom. The predicted octanol–water partition coefficient (Wildman–Crippen LogP) is 3.48. The van der Waals surface area contributed by atoms with Crippen molar-refractivity contribution in [1.82, 2.24) is 10.1 Å². The van der Waals surface area contributed by atoms with Crippen LogP contribution in [0.1, 0.15) is 29.9 Å². The third kappa shape index (κ3) is 4.24. The highest BCUT2D eigenvalue weighted by atomic mass is 32.2. The summed E-state index contributed by atoms with van der Waals surface area (Å²) in [6, 6.07) is 11.6. The topological polar surface area (TPSA) is 67.8 Å². The number of aromatic nitrogens is 1. The molecule has 3 heterocycles. The molecule has 156 valence electrons. The molecule has 6 nitrogen and oxygen atoms in total. The lowest BCUT2D eigenvalue weighted by molar-refractivity contribution is -0.132. The summed E-state index contributed by atoms with van der Waals surface area (Å²) in [7, 11) is -0.255. The zero-order chi connectivity index (χ0) is 21.1. The maximum Gasteiger partial charge on any atom is 0.255 e. The van der Waals surface area contributed by atoms with Crippen molar-refractivity contribution in [2.45, 2.75) is 32.7 Å². The quantitative estimate of drug-likeness (QED) is 0.527. The maximum absolute atomic E-state index is 13.5. The lowest BCUT2D eigenvalue weighted by Gasteiger charge is -2.16. The molecule has 0 spiro atoms. The van der Waals surface area contributed by atoms with E-state index in [0.717, 1.165) is 35.6 Å². The van der Waals surface area contributed by atoms with Crippen molar-refractivity contribution in [1.29, 1.82) is 0 Å². The Labute approximate surface area is 179 Å². The molecule has 7 heteroatoms. The lowest BCUT2D eigenvalue weighted by Crippen LogP contribution is -2.30. The van der Waals surface area contributed by atoms with Gasteiger partial charge in [0.05, 0.1) is 24.7 Å². The first-order valence-corrected chi connectivity index (χ1v) is 11.8. The molecule has 30 heavy (non-hydrogen) atoms. The summed E-state index contributed by atoms with van der Waals surface area (Å²) in [4.78, 5) is 32.5. The molecule has 2 aliphatic rings. The number of hydrogen-bond donors (Lipinski definition) is 0. The standard InChI is InChI=1S/C23H25N3O3S/c1-16-12-18(29-25-16)14-26-15-20(21(27)22(24-2)30-10-6-7-11-30)19(23(26)28)13-17-8-4-3-5-9-17/h3-5,8-9,12,19-20H,6-7,10-11,13-15H2,1H3/t19-,20+/m1/s1. The fourth-order valence-electron chi connectivity index (χ4n) is 4.31. The van der Waals surface area contributed by atoms with Crippen LogP contribution in [-0.2, 0) is 22.6 Å². The number of rotatable bonds is 6. The van der Waals surface area contributed by atoms with E-state index in [1.807, 2.05) is 43.3 Å². The molecule has 1 aromatic carbocycles. The van der Waals surface area contributed by atoms with Gasteiger partial charge in [0.1, 0.15) is 0 Å². The first-order chi connectivity index (χ1) is 14.6. The average molecular weight is 424 g/mol. The highest BCUT2D eigenvalue weighted by molar-refractivity contribution is 8.17. The number of hydrogen-bond acceptors (Lipinski definition) is 4. The third-order valence-electron chi connectivity index (χ3n) is 5.81. The van der Waals surface area contributed by atoms with Gasteiger partial charge in [-0.05, 0) is 43.3 Å². The Balaban J connectivity index is 1.62. The number of carbonyl (C=O) groups excluding carboxylic acids is 2. The van der Waals surface area contributed by atoms with Crippen LogP contribution in [0.25, 0.3) is 4.85 Å². The zero-order valence-electron chi connectivity index (χ0n) is 17.0. The van der Waals surface area contributed by atoms with Crippen molar-refractivity contribution in [2.24, 2.45) is 11.8 Å². The van der Waals surface area contributed by atoms with E-state index < -0.39 is 11.8 Å². The normalized spacial score (nSPS) is 21.7. The second-order valence-corrected chi connectivity index (χ2v) is 10.1. The minimum Gasteiger partial charge on any atom is -0.359 e. The van der Waals surface area contributed by atoms with Crippen molar-refractivity contribution in [3.05, 3.63) is 64.8 Å². The molecule has 0 aliphatic carbocycles. The number of ketones is 1. The Morgan fingerprint density at radius 1 is 1.30 bits per heavy atom. The summed E-state index contributed by atoms with van der Waals surface area (Å²) in [5.41, 5.74) is 1.79. The van der Waals surface area contributed by atoms with Gasteiger partial charge in [-0.3, -0.25) is 4.79 Å². The van der Waals surface area contributed by atoms with Gasteiger partial charge in [-0.15, -0.1) is 0 Å². The van der Waals surface area contributed by atoms with Crippen LogP contribution in [0.3, 0.4) is 0 Å². The number of amides is 1. The molecule has 2 fully saturated rings. The number of nitrogens with zero attached hydrogens (tertiary/aromatic N) is 3. The second-order valence-electron chi connectivity index (χ2n) is 7.95. The molecular weight excluding hydrogens is 398 g/mol. The van der Waals surface area contributed by atoms with E-state index in [1.165, 1.54) is 0 Å². The first-order valence-electron chi connectivity index (χ1n) is 10.3. The molecule has 2 saturated heterocycles. The Bertz CT molecular complexity index is 1010. The van der Waals surface area contributed by atoms with Gasteiger partial charge in [0.15, 0.2) is 11.5 Å². The average Bonchev–Trinajstić information content (AvgIpc) is 3.48. The van der Waals surface area contributed by atoms with E-state index in [1.54, 1.807) is 4.90 Å². The molecule has 0 saturated carbocycles. The minimum atomic E-state index is -0.487. The summed E-state index contributed by atoms with van der Waals surface area (Å²) in [6.45, 7) is 10.1. The van der Waals surface area contributed by atoms with E-state index >= 15 is 0 Å². The van der Waals surface area contributed by atoms with Crippen molar-refractivity contribution in [3.8, 4) is 0 Å². The molecule has 2 atom stereocenters.